The highest BCUT2D eigenvalue weighted by atomic mass is 32.1. The minimum absolute atomic E-state index is 0.0781. The Morgan fingerprint density at radius 1 is 1.42 bits per heavy atom. The van der Waals surface area contributed by atoms with Gasteiger partial charge in [-0.3, -0.25) is 4.79 Å². The lowest BCUT2D eigenvalue weighted by Crippen LogP contribution is -2.40. The maximum Gasteiger partial charge on any atom is 0.226 e. The molecular weight excluding hydrogens is 360 g/mol. The van der Waals surface area contributed by atoms with Crippen LogP contribution in [0.3, 0.4) is 0 Å². The lowest BCUT2D eigenvalue weighted by molar-refractivity contribution is -0.118. The molecule has 0 aromatic heterocycles. The van der Waals surface area contributed by atoms with Crippen molar-refractivity contribution in [2.75, 3.05) is 6.54 Å². The van der Waals surface area contributed by atoms with Gasteiger partial charge in [-0.05, 0) is 32.4 Å². The predicted octanol–water partition coefficient (Wildman–Crippen LogP) is 3.36. The maximum absolute atomic E-state index is 13.7. The molecule has 0 unspecified atom stereocenters. The standard InChI is InChI=1S/C18H23F2N3O2S/c1-11(2)23-9-15(26)18(22-17(23)5-3-4-16(21)24)25-10-12-6-7-13(19)8-14(12)20/h6-8,11,26H,3-5,9-10H2,1-2H3,(H2,21,24). The van der Waals surface area contributed by atoms with E-state index in [-0.39, 0.29) is 30.5 Å². The van der Waals surface area contributed by atoms with E-state index in [9.17, 15) is 13.6 Å². The monoisotopic (exact) mass is 383 g/mol. The molecule has 5 nitrogen and oxygen atoms in total. The van der Waals surface area contributed by atoms with Crippen molar-refractivity contribution in [1.29, 1.82) is 0 Å². The van der Waals surface area contributed by atoms with Crippen molar-refractivity contribution < 1.29 is 18.3 Å². The van der Waals surface area contributed by atoms with Crippen molar-refractivity contribution in [2.24, 2.45) is 10.7 Å². The van der Waals surface area contributed by atoms with E-state index < -0.39 is 11.6 Å². The van der Waals surface area contributed by atoms with Gasteiger partial charge in [0.1, 0.15) is 24.1 Å². The average molecular weight is 383 g/mol. The number of carbonyl (C=O) groups is 1. The Morgan fingerprint density at radius 3 is 2.77 bits per heavy atom. The number of aliphatic imine (C=N–C) groups is 1. The smallest absolute Gasteiger partial charge is 0.226 e. The number of primary amides is 1. The molecule has 0 atom stereocenters. The Labute approximate surface area is 157 Å². The van der Waals surface area contributed by atoms with Gasteiger partial charge in [-0.2, -0.15) is 4.99 Å². The van der Waals surface area contributed by atoms with Gasteiger partial charge in [-0.15, -0.1) is 12.6 Å². The van der Waals surface area contributed by atoms with E-state index in [2.05, 4.69) is 22.5 Å². The van der Waals surface area contributed by atoms with Gasteiger partial charge < -0.3 is 15.4 Å². The topological polar surface area (TPSA) is 67.9 Å². The molecule has 0 spiro atoms. The molecule has 0 saturated heterocycles. The van der Waals surface area contributed by atoms with Crippen molar-refractivity contribution in [3.63, 3.8) is 0 Å². The van der Waals surface area contributed by atoms with Crippen LogP contribution in [0, 0.1) is 11.6 Å². The van der Waals surface area contributed by atoms with Gasteiger partial charge in [0.05, 0.1) is 11.4 Å². The van der Waals surface area contributed by atoms with Crippen molar-refractivity contribution in [2.45, 2.75) is 45.8 Å². The summed E-state index contributed by atoms with van der Waals surface area (Å²) in [4.78, 5) is 18.1. The van der Waals surface area contributed by atoms with Gasteiger partial charge in [0, 0.05) is 30.5 Å². The van der Waals surface area contributed by atoms with E-state index in [0.717, 1.165) is 11.9 Å². The maximum atomic E-state index is 13.7. The molecule has 142 valence electrons. The lowest BCUT2D eigenvalue weighted by Gasteiger charge is -2.33. The molecule has 2 rings (SSSR count). The van der Waals surface area contributed by atoms with E-state index in [4.69, 9.17) is 10.5 Å². The Bertz CT molecular complexity index is 735. The van der Waals surface area contributed by atoms with Crippen molar-refractivity contribution in [1.82, 2.24) is 4.90 Å². The van der Waals surface area contributed by atoms with Crippen LogP contribution in [0.2, 0.25) is 0 Å². The van der Waals surface area contributed by atoms with Gasteiger partial charge in [0.2, 0.25) is 11.8 Å². The lowest BCUT2D eigenvalue weighted by atomic mass is 10.1. The summed E-state index contributed by atoms with van der Waals surface area (Å²) in [6.45, 7) is 4.50. The number of ether oxygens (including phenoxy) is 1. The molecule has 1 heterocycles. The summed E-state index contributed by atoms with van der Waals surface area (Å²) in [5, 5.41) is 0. The fraction of sp³-hybridized carbons (Fsp3) is 0.444. The van der Waals surface area contributed by atoms with E-state index in [1.165, 1.54) is 12.1 Å². The number of halogens is 2. The fourth-order valence-corrected chi connectivity index (χ4v) is 2.83. The first-order valence-corrected chi connectivity index (χ1v) is 8.84. The number of nitrogens with two attached hydrogens (primary N) is 1. The number of benzene rings is 1. The first-order chi connectivity index (χ1) is 12.3. The minimum Gasteiger partial charge on any atom is -0.472 e. The van der Waals surface area contributed by atoms with E-state index in [1.54, 1.807) is 0 Å². The highest BCUT2D eigenvalue weighted by Crippen LogP contribution is 2.25. The van der Waals surface area contributed by atoms with Gasteiger partial charge in [0.25, 0.3) is 0 Å². The fourth-order valence-electron chi connectivity index (χ4n) is 2.57. The van der Waals surface area contributed by atoms with Crippen molar-refractivity contribution in [3.8, 4) is 0 Å². The zero-order chi connectivity index (χ0) is 19.3. The normalized spacial score (nSPS) is 14.7. The van der Waals surface area contributed by atoms with Crippen LogP contribution < -0.4 is 5.73 Å². The van der Waals surface area contributed by atoms with Crippen LogP contribution in [0.25, 0.3) is 0 Å². The molecule has 0 saturated carbocycles. The molecular formula is C18H23F2N3O2S. The van der Waals surface area contributed by atoms with Crippen LogP contribution >= 0.6 is 12.6 Å². The summed E-state index contributed by atoms with van der Waals surface area (Å²) in [6.07, 6.45) is 1.43. The molecule has 0 bridgehead atoms. The summed E-state index contributed by atoms with van der Waals surface area (Å²) in [7, 11) is 0. The third kappa shape index (κ3) is 5.45. The van der Waals surface area contributed by atoms with Crippen molar-refractivity contribution >= 4 is 24.4 Å². The minimum atomic E-state index is -0.670. The number of hydrogen-bond acceptors (Lipinski definition) is 5. The molecule has 0 radical (unpaired) electrons. The van der Waals surface area contributed by atoms with Crippen LogP contribution in [-0.4, -0.2) is 29.2 Å². The van der Waals surface area contributed by atoms with Gasteiger partial charge >= 0.3 is 0 Å². The van der Waals surface area contributed by atoms with Gasteiger partial charge in [-0.25, -0.2) is 8.78 Å². The number of hydrogen-bond donors (Lipinski definition) is 2. The zero-order valence-corrected chi connectivity index (χ0v) is 15.7. The average Bonchev–Trinajstić information content (AvgIpc) is 2.55. The Hall–Kier alpha value is -2.09. The Morgan fingerprint density at radius 2 is 2.15 bits per heavy atom. The molecule has 2 N–H and O–H groups in total. The first kappa shape index (κ1) is 20.2. The predicted molar refractivity (Wildman–Crippen MR) is 99.5 cm³/mol. The second kappa shape index (κ2) is 9.02. The van der Waals surface area contributed by atoms with Crippen LogP contribution in [0.4, 0.5) is 8.78 Å². The van der Waals surface area contributed by atoms with E-state index in [1.807, 2.05) is 13.8 Å². The number of thiol groups is 1. The molecule has 26 heavy (non-hydrogen) atoms. The molecule has 0 fully saturated rings. The summed E-state index contributed by atoms with van der Waals surface area (Å²) in [5.41, 5.74) is 5.42. The third-order valence-electron chi connectivity index (χ3n) is 3.96. The summed E-state index contributed by atoms with van der Waals surface area (Å²) in [6, 6.07) is 3.52. The molecule has 0 aliphatic carbocycles. The number of nitrogens with zero attached hydrogens (tertiary/aromatic N) is 2. The number of amidine groups is 1. The van der Waals surface area contributed by atoms with E-state index >= 15 is 0 Å². The number of rotatable bonds is 8. The summed E-state index contributed by atoms with van der Waals surface area (Å²) < 4.78 is 32.4. The highest BCUT2D eigenvalue weighted by molar-refractivity contribution is 7.84. The van der Waals surface area contributed by atoms with E-state index in [0.29, 0.717) is 30.2 Å². The molecule has 1 aromatic carbocycles. The largest absolute Gasteiger partial charge is 0.472 e. The summed E-state index contributed by atoms with van der Waals surface area (Å²) >= 11 is 4.44. The zero-order valence-electron chi connectivity index (χ0n) is 14.8. The summed E-state index contributed by atoms with van der Waals surface area (Å²) in [5.74, 6) is -0.584. The van der Waals surface area contributed by atoms with Gasteiger partial charge in [-0.1, -0.05) is 0 Å². The Balaban J connectivity index is 2.11. The number of carbonyl (C=O) groups excluding carboxylic acids is 1. The molecule has 8 heteroatoms. The molecule has 1 aliphatic rings. The molecule has 1 aliphatic heterocycles. The molecule has 1 amide bonds. The third-order valence-corrected chi connectivity index (χ3v) is 4.29. The van der Waals surface area contributed by atoms with Gasteiger partial charge in [0.15, 0.2) is 0 Å². The van der Waals surface area contributed by atoms with Crippen LogP contribution in [0.5, 0.6) is 0 Å². The number of amides is 1. The quantitative estimate of drug-likeness (QED) is 0.677. The highest BCUT2D eigenvalue weighted by Gasteiger charge is 2.23. The van der Waals surface area contributed by atoms with Crippen LogP contribution in [0.1, 0.15) is 38.7 Å². The second-order valence-electron chi connectivity index (χ2n) is 6.35. The van der Waals surface area contributed by atoms with Crippen molar-refractivity contribution in [3.05, 3.63) is 46.2 Å². The second-order valence-corrected chi connectivity index (χ2v) is 6.89. The van der Waals surface area contributed by atoms with Crippen LogP contribution in [-0.2, 0) is 16.1 Å². The molecule has 1 aromatic rings. The Kier molecular flexibility index (Phi) is 7.02. The SMILES string of the molecule is CC(C)N1CC(S)=C(OCc2ccc(F)cc2F)N=C1CCCC(N)=O. The first-order valence-electron chi connectivity index (χ1n) is 8.39. The van der Waals surface area contributed by atoms with Crippen LogP contribution in [0.15, 0.2) is 34.0 Å².